The zero-order chi connectivity index (χ0) is 13.0. The van der Waals surface area contributed by atoms with E-state index in [2.05, 4.69) is 10.1 Å². The Labute approximate surface area is 111 Å². The zero-order valence-electron chi connectivity index (χ0n) is 10.2. The van der Waals surface area contributed by atoms with Crippen molar-refractivity contribution < 1.29 is 14.3 Å². The van der Waals surface area contributed by atoms with Crippen LogP contribution in [-0.2, 0) is 9.47 Å². The molecule has 1 saturated heterocycles. The molecule has 98 valence electrons. The molecule has 1 aliphatic heterocycles. The number of ether oxygens (including phenoxy) is 2. The number of halogens is 1. The molecule has 1 heterocycles. The van der Waals surface area contributed by atoms with Crippen LogP contribution in [0.1, 0.15) is 23.2 Å². The minimum absolute atomic E-state index is 0.252. The lowest BCUT2D eigenvalue weighted by molar-refractivity contribution is 0.0601. The van der Waals surface area contributed by atoms with Gasteiger partial charge in [-0.1, -0.05) is 11.6 Å². The van der Waals surface area contributed by atoms with Crippen LogP contribution >= 0.6 is 11.6 Å². The van der Waals surface area contributed by atoms with Crippen LogP contribution in [0.5, 0.6) is 0 Å². The van der Waals surface area contributed by atoms with Crippen LogP contribution in [0.25, 0.3) is 0 Å². The molecule has 0 aliphatic carbocycles. The molecule has 1 aromatic carbocycles. The Morgan fingerprint density at radius 1 is 1.61 bits per heavy atom. The Morgan fingerprint density at radius 2 is 2.44 bits per heavy atom. The highest BCUT2D eigenvalue weighted by atomic mass is 35.5. The fourth-order valence-electron chi connectivity index (χ4n) is 1.94. The molecule has 1 atom stereocenters. The molecule has 1 fully saturated rings. The second-order valence-electron chi connectivity index (χ2n) is 4.20. The van der Waals surface area contributed by atoms with Crippen LogP contribution in [0, 0.1) is 0 Å². The molecule has 0 amide bonds. The highest BCUT2D eigenvalue weighted by molar-refractivity contribution is 6.33. The molecule has 1 aliphatic rings. The predicted octanol–water partition coefficient (Wildman–Crippen LogP) is 2.72. The van der Waals surface area contributed by atoms with E-state index in [0.29, 0.717) is 10.6 Å². The summed E-state index contributed by atoms with van der Waals surface area (Å²) in [6, 6.07) is 5.22. The van der Waals surface area contributed by atoms with Gasteiger partial charge >= 0.3 is 5.97 Å². The van der Waals surface area contributed by atoms with Crippen LogP contribution in [-0.4, -0.2) is 32.3 Å². The van der Waals surface area contributed by atoms with Gasteiger partial charge < -0.3 is 14.8 Å². The molecular formula is C13H16ClNO3. The first-order valence-electron chi connectivity index (χ1n) is 5.94. The molecule has 2 rings (SSSR count). The molecule has 5 heteroatoms. The van der Waals surface area contributed by atoms with E-state index in [4.69, 9.17) is 16.3 Å². The number of methoxy groups -OCH3 is 1. The Morgan fingerprint density at radius 3 is 3.11 bits per heavy atom. The molecule has 1 unspecified atom stereocenters. The standard InChI is InChI=1S/C13H16ClNO3/c1-17-13(16)11-7-9(4-5-12(11)14)15-8-10-3-2-6-18-10/h4-5,7,10,15H,2-3,6,8H2,1H3. The Bertz CT molecular complexity index is 430. The Kier molecular flexibility index (Phi) is 4.44. The molecular weight excluding hydrogens is 254 g/mol. The Balaban J connectivity index is 2.02. The van der Waals surface area contributed by atoms with Gasteiger partial charge in [-0.15, -0.1) is 0 Å². The average Bonchev–Trinajstić information content (AvgIpc) is 2.90. The van der Waals surface area contributed by atoms with Gasteiger partial charge in [0.2, 0.25) is 0 Å². The van der Waals surface area contributed by atoms with Gasteiger partial charge in [0.1, 0.15) is 0 Å². The maximum atomic E-state index is 11.5. The van der Waals surface area contributed by atoms with Crippen LogP contribution in [0.3, 0.4) is 0 Å². The van der Waals surface area contributed by atoms with E-state index < -0.39 is 5.97 Å². The number of carbonyl (C=O) groups excluding carboxylic acids is 1. The third-order valence-electron chi connectivity index (χ3n) is 2.93. The van der Waals surface area contributed by atoms with E-state index in [1.54, 1.807) is 12.1 Å². The molecule has 0 aromatic heterocycles. The number of hydrogen-bond acceptors (Lipinski definition) is 4. The lowest BCUT2D eigenvalue weighted by atomic mass is 10.2. The van der Waals surface area contributed by atoms with Crippen molar-refractivity contribution in [2.24, 2.45) is 0 Å². The molecule has 1 N–H and O–H groups in total. The van der Waals surface area contributed by atoms with Crippen molar-refractivity contribution in [3.8, 4) is 0 Å². The van der Waals surface area contributed by atoms with Crippen molar-refractivity contribution in [2.75, 3.05) is 25.6 Å². The second kappa shape index (κ2) is 6.07. The van der Waals surface area contributed by atoms with Crippen molar-refractivity contribution in [2.45, 2.75) is 18.9 Å². The number of anilines is 1. The molecule has 0 bridgehead atoms. The smallest absolute Gasteiger partial charge is 0.339 e. The molecule has 1 aromatic rings. The average molecular weight is 270 g/mol. The quantitative estimate of drug-likeness (QED) is 0.854. The minimum atomic E-state index is -0.430. The van der Waals surface area contributed by atoms with Crippen molar-refractivity contribution in [1.82, 2.24) is 0 Å². The number of nitrogens with one attached hydrogen (secondary N) is 1. The topological polar surface area (TPSA) is 47.6 Å². The normalized spacial score (nSPS) is 18.7. The molecule has 4 nitrogen and oxygen atoms in total. The summed E-state index contributed by atoms with van der Waals surface area (Å²) in [6.45, 7) is 1.57. The van der Waals surface area contributed by atoms with E-state index >= 15 is 0 Å². The first-order chi connectivity index (χ1) is 8.70. The predicted molar refractivity (Wildman–Crippen MR) is 70.3 cm³/mol. The first-order valence-corrected chi connectivity index (χ1v) is 6.32. The fourth-order valence-corrected chi connectivity index (χ4v) is 2.13. The maximum absolute atomic E-state index is 11.5. The van der Waals surface area contributed by atoms with Crippen LogP contribution in [0.4, 0.5) is 5.69 Å². The highest BCUT2D eigenvalue weighted by Crippen LogP contribution is 2.22. The summed E-state index contributed by atoms with van der Waals surface area (Å²) < 4.78 is 10.2. The maximum Gasteiger partial charge on any atom is 0.339 e. The number of carbonyl (C=O) groups is 1. The number of rotatable bonds is 4. The summed E-state index contributed by atoms with van der Waals surface area (Å²) in [7, 11) is 1.34. The second-order valence-corrected chi connectivity index (χ2v) is 4.61. The highest BCUT2D eigenvalue weighted by Gasteiger charge is 2.16. The summed E-state index contributed by atoms with van der Waals surface area (Å²) in [4.78, 5) is 11.5. The molecule has 0 radical (unpaired) electrons. The monoisotopic (exact) mass is 269 g/mol. The van der Waals surface area contributed by atoms with E-state index in [0.717, 1.165) is 31.7 Å². The summed E-state index contributed by atoms with van der Waals surface area (Å²) in [5.74, 6) is -0.430. The van der Waals surface area contributed by atoms with Gasteiger partial charge in [0.15, 0.2) is 0 Å². The fraction of sp³-hybridized carbons (Fsp3) is 0.462. The lowest BCUT2D eigenvalue weighted by Crippen LogP contribution is -2.18. The number of esters is 1. The van der Waals surface area contributed by atoms with Gasteiger partial charge in [0.05, 0.1) is 23.8 Å². The summed E-state index contributed by atoms with van der Waals surface area (Å²) in [6.07, 6.45) is 2.44. The van der Waals surface area contributed by atoms with Crippen molar-refractivity contribution >= 4 is 23.3 Å². The van der Waals surface area contributed by atoms with Crippen LogP contribution in [0.2, 0.25) is 5.02 Å². The van der Waals surface area contributed by atoms with E-state index in [1.807, 2.05) is 6.07 Å². The molecule has 0 saturated carbocycles. The third kappa shape index (κ3) is 3.15. The van der Waals surface area contributed by atoms with Gasteiger partial charge in [-0.25, -0.2) is 4.79 Å². The third-order valence-corrected chi connectivity index (χ3v) is 3.26. The van der Waals surface area contributed by atoms with Crippen molar-refractivity contribution in [1.29, 1.82) is 0 Å². The number of benzene rings is 1. The summed E-state index contributed by atoms with van der Waals surface area (Å²) >= 11 is 5.94. The lowest BCUT2D eigenvalue weighted by Gasteiger charge is -2.13. The van der Waals surface area contributed by atoms with E-state index in [-0.39, 0.29) is 6.10 Å². The van der Waals surface area contributed by atoms with Crippen molar-refractivity contribution in [3.63, 3.8) is 0 Å². The summed E-state index contributed by atoms with van der Waals surface area (Å²) in [5.41, 5.74) is 1.21. The summed E-state index contributed by atoms with van der Waals surface area (Å²) in [5, 5.41) is 3.63. The van der Waals surface area contributed by atoms with Gasteiger partial charge in [-0.2, -0.15) is 0 Å². The van der Waals surface area contributed by atoms with E-state index in [1.165, 1.54) is 7.11 Å². The van der Waals surface area contributed by atoms with Gasteiger partial charge in [-0.05, 0) is 31.0 Å². The Hall–Kier alpha value is -1.26. The van der Waals surface area contributed by atoms with Crippen molar-refractivity contribution in [3.05, 3.63) is 28.8 Å². The largest absolute Gasteiger partial charge is 0.465 e. The van der Waals surface area contributed by atoms with Gasteiger partial charge in [0.25, 0.3) is 0 Å². The van der Waals surface area contributed by atoms with Crippen LogP contribution < -0.4 is 5.32 Å². The number of hydrogen-bond donors (Lipinski definition) is 1. The SMILES string of the molecule is COC(=O)c1cc(NCC2CCCO2)ccc1Cl. The molecule has 0 spiro atoms. The minimum Gasteiger partial charge on any atom is -0.465 e. The molecule has 18 heavy (non-hydrogen) atoms. The van der Waals surface area contributed by atoms with Gasteiger partial charge in [-0.3, -0.25) is 0 Å². The first kappa shape index (κ1) is 13.2. The van der Waals surface area contributed by atoms with Crippen LogP contribution in [0.15, 0.2) is 18.2 Å². The van der Waals surface area contributed by atoms with E-state index in [9.17, 15) is 4.79 Å². The zero-order valence-corrected chi connectivity index (χ0v) is 11.0. The van der Waals surface area contributed by atoms with Gasteiger partial charge in [0, 0.05) is 18.8 Å².